The molecular formula is C20H40IN5O. The summed E-state index contributed by atoms with van der Waals surface area (Å²) in [4.78, 5) is 22.8. The molecule has 0 bridgehead atoms. The predicted molar refractivity (Wildman–Crippen MR) is 126 cm³/mol. The van der Waals surface area contributed by atoms with E-state index in [-0.39, 0.29) is 36.4 Å². The van der Waals surface area contributed by atoms with Crippen molar-refractivity contribution in [2.75, 3.05) is 53.9 Å². The van der Waals surface area contributed by atoms with Crippen molar-refractivity contribution in [3.63, 3.8) is 0 Å². The highest BCUT2D eigenvalue weighted by Crippen LogP contribution is 2.15. The SMILES string of the molecule is C=CCCCCCN(C)C(=NCC(=O)N(C)C)NCC1CCCN1CC.I. The van der Waals surface area contributed by atoms with Gasteiger partial charge in [0.05, 0.1) is 0 Å². The molecule has 1 aliphatic rings. The van der Waals surface area contributed by atoms with E-state index in [1.807, 2.05) is 6.08 Å². The van der Waals surface area contributed by atoms with E-state index >= 15 is 0 Å². The molecule has 0 aromatic rings. The largest absolute Gasteiger partial charge is 0.355 e. The van der Waals surface area contributed by atoms with Crippen LogP contribution in [0.15, 0.2) is 17.6 Å². The second kappa shape index (κ2) is 15.1. The fourth-order valence-electron chi connectivity index (χ4n) is 3.27. The van der Waals surface area contributed by atoms with Gasteiger partial charge < -0.3 is 15.1 Å². The highest BCUT2D eigenvalue weighted by Gasteiger charge is 2.23. The number of halogens is 1. The van der Waals surface area contributed by atoms with E-state index in [0.717, 1.165) is 38.4 Å². The van der Waals surface area contributed by atoms with Crippen LogP contribution < -0.4 is 5.32 Å². The first kappa shape index (κ1) is 26.2. The van der Waals surface area contributed by atoms with Crippen molar-refractivity contribution in [2.24, 2.45) is 4.99 Å². The Morgan fingerprint density at radius 1 is 1.30 bits per heavy atom. The normalized spacial score (nSPS) is 17.3. The first-order valence-corrected chi connectivity index (χ1v) is 10.0. The van der Waals surface area contributed by atoms with Gasteiger partial charge in [0.1, 0.15) is 6.54 Å². The number of hydrogen-bond acceptors (Lipinski definition) is 3. The van der Waals surface area contributed by atoms with Gasteiger partial charge in [-0.05, 0) is 45.2 Å². The zero-order valence-electron chi connectivity index (χ0n) is 17.7. The lowest BCUT2D eigenvalue weighted by atomic mass is 10.2. The highest BCUT2D eigenvalue weighted by atomic mass is 127. The number of aliphatic imine (C=N–C) groups is 1. The molecule has 6 nitrogen and oxygen atoms in total. The van der Waals surface area contributed by atoms with Crippen LogP contribution in [-0.4, -0.2) is 86.5 Å². The van der Waals surface area contributed by atoms with Gasteiger partial charge in [0, 0.05) is 40.3 Å². The lowest BCUT2D eigenvalue weighted by Gasteiger charge is -2.27. The summed E-state index contributed by atoms with van der Waals surface area (Å²) < 4.78 is 0. The number of amides is 1. The summed E-state index contributed by atoms with van der Waals surface area (Å²) in [5.74, 6) is 0.867. The average molecular weight is 493 g/mol. The zero-order valence-corrected chi connectivity index (χ0v) is 20.1. The van der Waals surface area contributed by atoms with Crippen LogP contribution in [-0.2, 0) is 4.79 Å². The maximum Gasteiger partial charge on any atom is 0.243 e. The Labute approximate surface area is 183 Å². The Balaban J connectivity index is 0.00000676. The van der Waals surface area contributed by atoms with Crippen LogP contribution >= 0.6 is 24.0 Å². The molecule has 1 aliphatic heterocycles. The number of guanidine groups is 1. The van der Waals surface area contributed by atoms with Crippen molar-refractivity contribution in [2.45, 2.75) is 51.5 Å². The van der Waals surface area contributed by atoms with E-state index in [4.69, 9.17) is 0 Å². The lowest BCUT2D eigenvalue weighted by Crippen LogP contribution is -2.46. The molecule has 0 spiro atoms. The molecule has 0 aliphatic carbocycles. The monoisotopic (exact) mass is 493 g/mol. The van der Waals surface area contributed by atoms with Gasteiger partial charge in [-0.2, -0.15) is 0 Å². The van der Waals surface area contributed by atoms with Gasteiger partial charge in [-0.15, -0.1) is 30.6 Å². The minimum absolute atomic E-state index is 0. The van der Waals surface area contributed by atoms with E-state index in [2.05, 4.69) is 40.7 Å². The van der Waals surface area contributed by atoms with Crippen LogP contribution in [0.2, 0.25) is 0 Å². The summed E-state index contributed by atoms with van der Waals surface area (Å²) in [5.41, 5.74) is 0. The number of nitrogens with zero attached hydrogens (tertiary/aromatic N) is 4. The molecule has 1 atom stereocenters. The number of carbonyl (C=O) groups is 1. The van der Waals surface area contributed by atoms with Crippen molar-refractivity contribution in [1.82, 2.24) is 20.0 Å². The van der Waals surface area contributed by atoms with Crippen LogP contribution in [0.25, 0.3) is 0 Å². The molecule has 1 saturated heterocycles. The van der Waals surface area contributed by atoms with Gasteiger partial charge in [0.2, 0.25) is 5.91 Å². The third kappa shape index (κ3) is 10.3. The van der Waals surface area contributed by atoms with Gasteiger partial charge in [-0.1, -0.05) is 19.4 Å². The maximum atomic E-state index is 11.9. The Morgan fingerprint density at radius 3 is 2.67 bits per heavy atom. The third-order valence-corrected chi connectivity index (χ3v) is 5.03. The Kier molecular flexibility index (Phi) is 14.7. The van der Waals surface area contributed by atoms with Crippen LogP contribution in [0, 0.1) is 0 Å². The maximum absolute atomic E-state index is 11.9. The minimum atomic E-state index is 0. The minimum Gasteiger partial charge on any atom is -0.355 e. The van der Waals surface area contributed by atoms with E-state index in [0.29, 0.717) is 6.04 Å². The lowest BCUT2D eigenvalue weighted by molar-refractivity contribution is -0.127. The van der Waals surface area contributed by atoms with Gasteiger partial charge in [-0.25, -0.2) is 4.99 Å². The third-order valence-electron chi connectivity index (χ3n) is 5.03. The van der Waals surface area contributed by atoms with E-state index in [1.54, 1.807) is 19.0 Å². The summed E-state index contributed by atoms with van der Waals surface area (Å²) in [5, 5.41) is 3.52. The summed E-state index contributed by atoms with van der Waals surface area (Å²) in [7, 11) is 5.60. The number of likely N-dealkylation sites (N-methyl/N-ethyl adjacent to an activating group) is 2. The first-order chi connectivity index (χ1) is 12.5. The van der Waals surface area contributed by atoms with E-state index < -0.39 is 0 Å². The summed E-state index contributed by atoms with van der Waals surface area (Å²) in [6, 6.07) is 0.566. The summed E-state index contributed by atoms with van der Waals surface area (Å²) >= 11 is 0. The van der Waals surface area contributed by atoms with Gasteiger partial charge in [-0.3, -0.25) is 9.69 Å². The van der Waals surface area contributed by atoms with Gasteiger partial charge >= 0.3 is 0 Å². The number of carbonyl (C=O) groups excluding carboxylic acids is 1. The number of hydrogen-bond donors (Lipinski definition) is 1. The quantitative estimate of drug-likeness (QED) is 0.158. The van der Waals surface area contributed by atoms with E-state index in [9.17, 15) is 4.79 Å². The van der Waals surface area contributed by atoms with Crippen molar-refractivity contribution in [3.8, 4) is 0 Å². The molecule has 1 N–H and O–H groups in total. The molecular weight excluding hydrogens is 453 g/mol. The molecule has 1 amide bonds. The molecule has 0 radical (unpaired) electrons. The second-order valence-electron chi connectivity index (χ2n) is 7.29. The van der Waals surface area contributed by atoms with Crippen molar-refractivity contribution in [1.29, 1.82) is 0 Å². The number of allylic oxidation sites excluding steroid dienone is 1. The van der Waals surface area contributed by atoms with E-state index in [1.165, 1.54) is 32.2 Å². The molecule has 0 saturated carbocycles. The highest BCUT2D eigenvalue weighted by molar-refractivity contribution is 14.0. The second-order valence-corrected chi connectivity index (χ2v) is 7.29. The predicted octanol–water partition coefficient (Wildman–Crippen LogP) is 2.80. The molecule has 158 valence electrons. The van der Waals surface area contributed by atoms with Crippen molar-refractivity contribution in [3.05, 3.63) is 12.7 Å². The van der Waals surface area contributed by atoms with Gasteiger partial charge in [0.25, 0.3) is 0 Å². The molecule has 0 aromatic heterocycles. The fraction of sp³-hybridized carbons (Fsp3) is 0.800. The summed E-state index contributed by atoms with van der Waals surface area (Å²) in [6.45, 7) is 10.3. The zero-order chi connectivity index (χ0) is 19.4. The standard InChI is InChI=1S/C20H39N5O.HI/c1-6-8-9-10-11-14-24(5)20(22-17-19(26)23(3)4)21-16-18-13-12-15-25(18)7-2;/h6,18H,1,7-17H2,2-5H3,(H,21,22);1H. The molecule has 1 fully saturated rings. The smallest absolute Gasteiger partial charge is 0.243 e. The molecule has 27 heavy (non-hydrogen) atoms. The van der Waals surface area contributed by atoms with Crippen LogP contribution in [0.4, 0.5) is 0 Å². The number of unbranched alkanes of at least 4 members (excludes halogenated alkanes) is 3. The van der Waals surface area contributed by atoms with Crippen LogP contribution in [0.3, 0.4) is 0 Å². The number of rotatable bonds is 11. The number of nitrogens with one attached hydrogen (secondary N) is 1. The molecule has 1 heterocycles. The van der Waals surface area contributed by atoms with Crippen LogP contribution in [0.1, 0.15) is 45.4 Å². The summed E-state index contributed by atoms with van der Waals surface area (Å²) in [6.07, 6.45) is 9.05. The Bertz CT molecular complexity index is 456. The molecule has 1 rings (SSSR count). The molecule has 1 unspecified atom stereocenters. The van der Waals surface area contributed by atoms with Gasteiger partial charge in [0.15, 0.2) is 5.96 Å². The Morgan fingerprint density at radius 2 is 2.04 bits per heavy atom. The van der Waals surface area contributed by atoms with Crippen molar-refractivity contribution < 1.29 is 4.79 Å². The molecule has 7 heteroatoms. The topological polar surface area (TPSA) is 51.2 Å². The van der Waals surface area contributed by atoms with Crippen molar-refractivity contribution >= 4 is 35.8 Å². The first-order valence-electron chi connectivity index (χ1n) is 10.0. The fourth-order valence-corrected chi connectivity index (χ4v) is 3.27. The average Bonchev–Trinajstić information content (AvgIpc) is 3.08. The van der Waals surface area contributed by atoms with Crippen LogP contribution in [0.5, 0.6) is 0 Å². The number of likely N-dealkylation sites (tertiary alicyclic amines) is 1. The molecule has 0 aromatic carbocycles. The Hall–Kier alpha value is -0.830.